The van der Waals surface area contributed by atoms with Gasteiger partial charge in [-0.25, -0.2) is 4.68 Å². The van der Waals surface area contributed by atoms with Crippen molar-refractivity contribution < 1.29 is 20.1 Å². The molecular weight excluding hydrogens is 262 g/mol. The molecule has 0 bridgehead atoms. The number of carbonyl (C=O) groups is 1. The van der Waals surface area contributed by atoms with Gasteiger partial charge in [-0.15, -0.1) is 5.10 Å². The summed E-state index contributed by atoms with van der Waals surface area (Å²) < 4.78 is 1.54. The van der Waals surface area contributed by atoms with Crippen molar-refractivity contribution in [3.05, 3.63) is 24.2 Å². The molecule has 0 radical (unpaired) electrons. The van der Waals surface area contributed by atoms with Crippen molar-refractivity contribution in [1.82, 2.24) is 15.0 Å². The number of aliphatic hydroxyl groups excluding tert-OH is 2. The predicted molar refractivity (Wildman–Crippen MR) is 72.3 cm³/mol. The molecule has 20 heavy (non-hydrogen) atoms. The van der Waals surface area contributed by atoms with E-state index in [0.29, 0.717) is 31.4 Å². The molecule has 0 fully saturated rings. The molecule has 0 aromatic carbocycles. The van der Waals surface area contributed by atoms with Gasteiger partial charge in [0.1, 0.15) is 11.8 Å². The second-order valence-corrected chi connectivity index (χ2v) is 4.66. The summed E-state index contributed by atoms with van der Waals surface area (Å²) in [4.78, 5) is 10.4. The Bertz CT molecular complexity index is 445. The second kappa shape index (κ2) is 8.31. The number of unbranched alkanes of at least 4 members (excludes halogenated alkanes) is 1. The Morgan fingerprint density at radius 1 is 1.35 bits per heavy atom. The van der Waals surface area contributed by atoms with Gasteiger partial charge in [0.2, 0.25) is 0 Å². The van der Waals surface area contributed by atoms with Crippen LogP contribution in [-0.4, -0.2) is 42.9 Å². The Hall–Kier alpha value is -1.89. The summed E-state index contributed by atoms with van der Waals surface area (Å²) >= 11 is 0. The molecule has 0 spiro atoms. The van der Waals surface area contributed by atoms with Crippen LogP contribution in [0.3, 0.4) is 0 Å². The molecule has 1 rings (SSSR count). The van der Waals surface area contributed by atoms with Crippen LogP contribution in [-0.2, 0) is 11.2 Å². The van der Waals surface area contributed by atoms with Crippen molar-refractivity contribution in [2.24, 2.45) is 0 Å². The zero-order valence-corrected chi connectivity index (χ0v) is 11.4. The molecule has 7 nitrogen and oxygen atoms in total. The monoisotopic (exact) mass is 283 g/mol. The average molecular weight is 283 g/mol. The minimum atomic E-state index is -0.831. The van der Waals surface area contributed by atoms with Crippen LogP contribution < -0.4 is 0 Å². The molecule has 1 aromatic heterocycles. The van der Waals surface area contributed by atoms with Crippen LogP contribution >= 0.6 is 0 Å². The first kappa shape index (κ1) is 16.2. The van der Waals surface area contributed by atoms with E-state index in [1.807, 2.05) is 0 Å². The number of aryl methyl sites for hydroxylation is 1. The SMILES string of the molecule is C=C(O)C(CCCCO)n1cc(CCCC(=O)O)nn1. The minimum absolute atomic E-state index is 0.00456. The summed E-state index contributed by atoms with van der Waals surface area (Å²) in [6.07, 6.45) is 4.86. The van der Waals surface area contributed by atoms with Crippen LogP contribution in [0.25, 0.3) is 0 Å². The van der Waals surface area contributed by atoms with E-state index in [2.05, 4.69) is 16.9 Å². The van der Waals surface area contributed by atoms with E-state index in [-0.39, 0.29) is 24.8 Å². The number of hydrogen-bond donors (Lipinski definition) is 3. The lowest BCUT2D eigenvalue weighted by molar-refractivity contribution is -0.137. The van der Waals surface area contributed by atoms with Gasteiger partial charge in [-0.2, -0.15) is 0 Å². The lowest BCUT2D eigenvalue weighted by Gasteiger charge is -2.14. The molecule has 1 unspecified atom stereocenters. The number of aliphatic hydroxyl groups is 2. The maximum Gasteiger partial charge on any atom is 0.303 e. The predicted octanol–water partition coefficient (Wildman–Crippen LogP) is 1.46. The third-order valence-electron chi connectivity index (χ3n) is 2.97. The third-order valence-corrected chi connectivity index (χ3v) is 2.97. The lowest BCUT2D eigenvalue weighted by atomic mass is 10.1. The highest BCUT2D eigenvalue weighted by Crippen LogP contribution is 2.20. The molecule has 0 saturated carbocycles. The van der Waals surface area contributed by atoms with Gasteiger partial charge >= 0.3 is 5.97 Å². The molecule has 0 amide bonds. The lowest BCUT2D eigenvalue weighted by Crippen LogP contribution is -2.12. The molecule has 7 heteroatoms. The number of nitrogens with zero attached hydrogens (tertiary/aromatic N) is 3. The largest absolute Gasteiger partial charge is 0.511 e. The van der Waals surface area contributed by atoms with Crippen LogP contribution in [0.15, 0.2) is 18.5 Å². The molecule has 1 heterocycles. The standard InChI is InChI=1S/C13H21N3O4/c1-10(18)12(6-2-3-8-17)16-9-11(14-15-16)5-4-7-13(19)20/h9,12,17-18H,1-8H2,(H,19,20). The summed E-state index contributed by atoms with van der Waals surface area (Å²) in [6, 6.07) is -0.359. The highest BCUT2D eigenvalue weighted by molar-refractivity contribution is 5.66. The Balaban J connectivity index is 2.56. The second-order valence-electron chi connectivity index (χ2n) is 4.66. The Morgan fingerprint density at radius 3 is 2.70 bits per heavy atom. The van der Waals surface area contributed by atoms with Crippen LogP contribution in [0.1, 0.15) is 43.8 Å². The number of aromatic nitrogens is 3. The Kier molecular flexibility index (Phi) is 6.72. The van der Waals surface area contributed by atoms with E-state index >= 15 is 0 Å². The highest BCUT2D eigenvalue weighted by Gasteiger charge is 2.16. The summed E-state index contributed by atoms with van der Waals surface area (Å²) in [6.45, 7) is 3.65. The number of carboxylic acids is 1. The van der Waals surface area contributed by atoms with Crippen LogP contribution in [0.2, 0.25) is 0 Å². The first-order chi connectivity index (χ1) is 9.54. The summed E-state index contributed by atoms with van der Waals surface area (Å²) in [5, 5.41) is 34.9. The van der Waals surface area contributed by atoms with Crippen molar-refractivity contribution in [2.45, 2.75) is 44.6 Å². The van der Waals surface area contributed by atoms with E-state index in [1.165, 1.54) is 4.68 Å². The van der Waals surface area contributed by atoms with Gasteiger partial charge in [0.25, 0.3) is 0 Å². The first-order valence-corrected chi connectivity index (χ1v) is 6.65. The van der Waals surface area contributed by atoms with Crippen molar-refractivity contribution >= 4 is 5.97 Å². The van der Waals surface area contributed by atoms with Crippen molar-refractivity contribution in [3.8, 4) is 0 Å². The van der Waals surface area contributed by atoms with E-state index in [0.717, 1.165) is 6.42 Å². The van der Waals surface area contributed by atoms with E-state index in [9.17, 15) is 9.90 Å². The fourth-order valence-electron chi connectivity index (χ4n) is 1.90. The molecular formula is C13H21N3O4. The molecule has 0 aliphatic carbocycles. The topological polar surface area (TPSA) is 108 Å². The van der Waals surface area contributed by atoms with Gasteiger partial charge in [-0.05, 0) is 32.1 Å². The van der Waals surface area contributed by atoms with Gasteiger partial charge in [0.15, 0.2) is 0 Å². The third kappa shape index (κ3) is 5.40. The number of hydrogen-bond acceptors (Lipinski definition) is 5. The maximum atomic E-state index is 10.4. The molecule has 1 aromatic rings. The first-order valence-electron chi connectivity index (χ1n) is 6.65. The summed E-state index contributed by atoms with van der Waals surface area (Å²) in [7, 11) is 0. The van der Waals surface area contributed by atoms with Crippen LogP contribution in [0.4, 0.5) is 0 Å². The van der Waals surface area contributed by atoms with Crippen molar-refractivity contribution in [3.63, 3.8) is 0 Å². The van der Waals surface area contributed by atoms with Gasteiger partial charge in [-0.3, -0.25) is 4.79 Å². The highest BCUT2D eigenvalue weighted by atomic mass is 16.4. The van der Waals surface area contributed by atoms with Crippen molar-refractivity contribution in [1.29, 1.82) is 0 Å². The zero-order chi connectivity index (χ0) is 15.0. The van der Waals surface area contributed by atoms with Crippen LogP contribution in [0, 0.1) is 0 Å². The molecule has 0 aliphatic rings. The van der Waals surface area contributed by atoms with Gasteiger partial charge in [0.05, 0.1) is 5.69 Å². The van der Waals surface area contributed by atoms with E-state index in [1.54, 1.807) is 6.20 Å². The van der Waals surface area contributed by atoms with Gasteiger partial charge in [0, 0.05) is 19.2 Å². The number of allylic oxidation sites excluding steroid dienone is 1. The Labute approximate surface area is 117 Å². The number of rotatable bonds is 10. The summed E-state index contributed by atoms with van der Waals surface area (Å²) in [5.74, 6) is -0.826. The molecule has 0 aliphatic heterocycles. The number of aliphatic carboxylic acids is 1. The average Bonchev–Trinajstić information content (AvgIpc) is 2.82. The number of carboxylic acid groups (broad SMARTS) is 1. The minimum Gasteiger partial charge on any atom is -0.511 e. The Morgan fingerprint density at radius 2 is 2.10 bits per heavy atom. The van der Waals surface area contributed by atoms with E-state index < -0.39 is 5.97 Å². The fourth-order valence-corrected chi connectivity index (χ4v) is 1.90. The van der Waals surface area contributed by atoms with Gasteiger partial charge < -0.3 is 15.3 Å². The maximum absolute atomic E-state index is 10.4. The summed E-state index contributed by atoms with van der Waals surface area (Å²) in [5.41, 5.74) is 0.694. The normalized spacial score (nSPS) is 12.2. The molecule has 0 saturated heterocycles. The molecule has 1 atom stereocenters. The fraction of sp³-hybridized carbons (Fsp3) is 0.615. The molecule has 3 N–H and O–H groups in total. The van der Waals surface area contributed by atoms with Crippen LogP contribution in [0.5, 0.6) is 0 Å². The van der Waals surface area contributed by atoms with Crippen molar-refractivity contribution in [2.75, 3.05) is 6.61 Å². The van der Waals surface area contributed by atoms with Gasteiger partial charge in [-0.1, -0.05) is 11.8 Å². The quantitative estimate of drug-likeness (QED) is 0.443. The van der Waals surface area contributed by atoms with E-state index in [4.69, 9.17) is 10.2 Å². The smallest absolute Gasteiger partial charge is 0.303 e. The zero-order valence-electron chi connectivity index (χ0n) is 11.4. The molecule has 112 valence electrons.